The van der Waals surface area contributed by atoms with E-state index in [1.165, 1.54) is 22.7 Å². The Morgan fingerprint density at radius 3 is 2.53 bits per heavy atom. The number of carbonyl (C=O) groups is 3. The van der Waals surface area contributed by atoms with Gasteiger partial charge in [0.05, 0.1) is 12.6 Å². The third-order valence-corrected chi connectivity index (χ3v) is 7.60. The van der Waals surface area contributed by atoms with Gasteiger partial charge in [0, 0.05) is 33.6 Å². The van der Waals surface area contributed by atoms with E-state index in [0.717, 1.165) is 0 Å². The van der Waals surface area contributed by atoms with Gasteiger partial charge in [-0.15, -0.1) is 22.7 Å². The Hall–Kier alpha value is -2.97. The number of aromatic nitrogens is 3. The second-order valence-electron chi connectivity index (χ2n) is 7.62. The van der Waals surface area contributed by atoms with E-state index in [0.29, 0.717) is 27.9 Å². The van der Waals surface area contributed by atoms with Gasteiger partial charge >= 0.3 is 0 Å². The third-order valence-electron chi connectivity index (χ3n) is 4.98. The lowest BCUT2D eigenvalue weighted by molar-refractivity contribution is 0.0926. The van der Waals surface area contributed by atoms with Crippen molar-refractivity contribution in [1.29, 1.82) is 0 Å². The Bertz CT molecular complexity index is 1270. The Labute approximate surface area is 205 Å². The molecule has 3 aromatic heterocycles. The van der Waals surface area contributed by atoms with Crippen LogP contribution in [0.1, 0.15) is 78.6 Å². The average molecular weight is 523 g/mol. The van der Waals surface area contributed by atoms with Crippen molar-refractivity contribution >= 4 is 51.2 Å². The summed E-state index contributed by atoms with van der Waals surface area (Å²) in [5.41, 5.74) is 0.474. The molecule has 1 aliphatic rings. The van der Waals surface area contributed by atoms with Crippen LogP contribution < -0.4 is 16.0 Å². The van der Waals surface area contributed by atoms with Crippen LogP contribution in [0.2, 0.25) is 0 Å². The summed E-state index contributed by atoms with van der Waals surface area (Å²) in [5.74, 6) is -0.467. The number of fused-ring (bicyclic) bond motifs is 6. The lowest BCUT2D eigenvalue weighted by Gasteiger charge is -2.15. The minimum Gasteiger partial charge on any atom is -0.443 e. The summed E-state index contributed by atoms with van der Waals surface area (Å²) in [4.78, 5) is 51.2. The highest BCUT2D eigenvalue weighted by Crippen LogP contribution is 2.24. The van der Waals surface area contributed by atoms with Crippen molar-refractivity contribution < 1.29 is 23.0 Å². The lowest BCUT2D eigenvalue weighted by Crippen LogP contribution is -2.31. The zero-order chi connectivity index (χ0) is 24.4. The zero-order valence-corrected chi connectivity index (χ0v) is 21.0. The molecule has 4 heterocycles. The zero-order valence-electron chi connectivity index (χ0n) is 18.5. The summed E-state index contributed by atoms with van der Waals surface area (Å²) in [5, 5.41) is 12.6. The Balaban J connectivity index is 1.69. The van der Waals surface area contributed by atoms with Crippen molar-refractivity contribution in [3.63, 3.8) is 0 Å². The molecule has 0 spiro atoms. The first-order valence-electron chi connectivity index (χ1n) is 10.3. The van der Waals surface area contributed by atoms with Crippen LogP contribution in [0.25, 0.3) is 0 Å². The average Bonchev–Trinajstić information content (AvgIpc) is 3.53. The number of rotatable bonds is 3. The molecule has 14 heteroatoms. The van der Waals surface area contributed by atoms with Gasteiger partial charge in [-0.25, -0.2) is 15.0 Å². The highest BCUT2D eigenvalue weighted by Gasteiger charge is 2.26. The molecule has 0 saturated carbocycles. The molecule has 6 bridgehead atoms. The standard InChI is InChI=1S/C20H22N6O5S3/c1-9-19-26-15(10(2)31-19)18(29)21-6-14-23-12(7-32-14)17(28)24-11(4-5-34(3)30)20-25-13(8-33-20)16(27)22-9/h7-9,11H,4-6H2,1-3H3,(H,21,29)(H,22,27)(H,24,28)/t9-,11+,34+/m0/s1. The molecule has 0 radical (unpaired) electrons. The molecule has 180 valence electrons. The number of hydrogen-bond donors (Lipinski definition) is 3. The van der Waals surface area contributed by atoms with E-state index in [2.05, 4.69) is 30.9 Å². The molecule has 3 aromatic rings. The van der Waals surface area contributed by atoms with Crippen molar-refractivity contribution in [2.24, 2.45) is 0 Å². The van der Waals surface area contributed by atoms with Gasteiger partial charge < -0.3 is 20.4 Å². The second kappa shape index (κ2) is 10.1. The molecule has 11 nitrogen and oxygen atoms in total. The first-order chi connectivity index (χ1) is 16.2. The fourth-order valence-electron chi connectivity index (χ4n) is 3.21. The van der Waals surface area contributed by atoms with E-state index in [1.54, 1.807) is 30.9 Å². The van der Waals surface area contributed by atoms with Gasteiger partial charge in [0.25, 0.3) is 17.7 Å². The smallest absolute Gasteiger partial charge is 0.273 e. The van der Waals surface area contributed by atoms with Crippen molar-refractivity contribution in [2.75, 3.05) is 12.0 Å². The minimum atomic E-state index is -1.07. The van der Waals surface area contributed by atoms with E-state index in [9.17, 15) is 18.6 Å². The molecule has 1 aliphatic heterocycles. The Morgan fingerprint density at radius 1 is 1.06 bits per heavy atom. The topological polar surface area (TPSA) is 156 Å². The van der Waals surface area contributed by atoms with Crippen molar-refractivity contribution in [2.45, 2.75) is 38.9 Å². The van der Waals surface area contributed by atoms with Crippen LogP contribution in [0.15, 0.2) is 15.2 Å². The normalized spacial score (nSPS) is 20.0. The molecule has 3 amide bonds. The predicted molar refractivity (Wildman–Crippen MR) is 126 cm³/mol. The van der Waals surface area contributed by atoms with Crippen LogP contribution >= 0.6 is 22.7 Å². The maximum atomic E-state index is 12.8. The van der Waals surface area contributed by atoms with Crippen molar-refractivity contribution in [1.82, 2.24) is 30.9 Å². The monoisotopic (exact) mass is 522 g/mol. The number of thiazole rings is 2. The van der Waals surface area contributed by atoms with Crippen molar-refractivity contribution in [3.8, 4) is 0 Å². The number of hydrogen-bond acceptors (Lipinski definition) is 10. The molecule has 0 aromatic carbocycles. The minimum absolute atomic E-state index is 0.110. The van der Waals surface area contributed by atoms with E-state index in [4.69, 9.17) is 4.42 Å². The third kappa shape index (κ3) is 5.39. The fraction of sp³-hybridized carbons (Fsp3) is 0.400. The predicted octanol–water partition coefficient (Wildman–Crippen LogP) is 1.87. The molecular weight excluding hydrogens is 500 g/mol. The van der Waals surface area contributed by atoms with Gasteiger partial charge in [-0.2, -0.15) is 0 Å². The summed E-state index contributed by atoms with van der Waals surface area (Å²) in [6.07, 6.45) is 1.97. The Morgan fingerprint density at radius 2 is 1.76 bits per heavy atom. The number of nitrogens with one attached hydrogen (secondary N) is 3. The van der Waals surface area contributed by atoms with Crippen LogP contribution in [0, 0.1) is 6.92 Å². The largest absolute Gasteiger partial charge is 0.443 e. The van der Waals surface area contributed by atoms with Gasteiger partial charge in [0.15, 0.2) is 5.69 Å². The molecule has 3 N–H and O–H groups in total. The van der Waals surface area contributed by atoms with Gasteiger partial charge in [-0.05, 0) is 20.3 Å². The maximum Gasteiger partial charge on any atom is 0.273 e. The highest BCUT2D eigenvalue weighted by atomic mass is 32.2. The van der Waals surface area contributed by atoms with Crippen LogP contribution in [0.5, 0.6) is 0 Å². The molecular formula is C20H22N6O5S3. The van der Waals surface area contributed by atoms with E-state index < -0.39 is 40.6 Å². The summed E-state index contributed by atoms with van der Waals surface area (Å²) >= 11 is 2.47. The molecule has 3 atom stereocenters. The number of carbonyl (C=O) groups excluding carboxylic acids is 3. The second-order valence-corrected chi connectivity index (χ2v) is 11.0. The molecule has 0 aliphatic carbocycles. The number of amides is 3. The fourth-order valence-corrected chi connectivity index (χ4v) is 5.37. The first-order valence-corrected chi connectivity index (χ1v) is 13.8. The number of oxazole rings is 1. The van der Waals surface area contributed by atoms with Gasteiger partial charge in [-0.3, -0.25) is 18.6 Å². The molecule has 0 saturated heterocycles. The SMILES string of the molecule is Cc1oc2nc1C(=O)NCc1nc(cs1)C(=O)N[C@H](CC[S@@](C)=O)c1nc(cs1)C(=O)N[C@H]2C. The van der Waals surface area contributed by atoms with Crippen LogP contribution in [0.3, 0.4) is 0 Å². The van der Waals surface area contributed by atoms with Crippen LogP contribution in [0.4, 0.5) is 0 Å². The summed E-state index contributed by atoms with van der Waals surface area (Å²) in [6, 6.07) is -1.16. The molecule has 0 fully saturated rings. The molecule has 4 rings (SSSR count). The van der Waals surface area contributed by atoms with Crippen LogP contribution in [-0.2, 0) is 17.3 Å². The van der Waals surface area contributed by atoms with Gasteiger partial charge in [-0.1, -0.05) is 0 Å². The molecule has 34 heavy (non-hydrogen) atoms. The number of aryl methyl sites for hydroxylation is 1. The van der Waals surface area contributed by atoms with Gasteiger partial charge in [0.2, 0.25) is 5.89 Å². The van der Waals surface area contributed by atoms with E-state index in [-0.39, 0.29) is 29.5 Å². The maximum absolute atomic E-state index is 12.8. The van der Waals surface area contributed by atoms with Gasteiger partial charge in [0.1, 0.15) is 33.2 Å². The summed E-state index contributed by atoms with van der Waals surface area (Å²) in [6.45, 7) is 3.41. The van der Waals surface area contributed by atoms with E-state index >= 15 is 0 Å². The van der Waals surface area contributed by atoms with Crippen molar-refractivity contribution in [3.05, 3.63) is 49.5 Å². The quantitative estimate of drug-likeness (QED) is 0.471. The summed E-state index contributed by atoms with van der Waals surface area (Å²) in [7, 11) is -1.07. The Kier molecular flexibility index (Phi) is 7.19. The highest BCUT2D eigenvalue weighted by molar-refractivity contribution is 7.84. The lowest BCUT2D eigenvalue weighted by atomic mass is 10.2. The van der Waals surface area contributed by atoms with E-state index in [1.807, 2.05) is 0 Å². The molecule has 0 unspecified atom stereocenters. The first kappa shape index (κ1) is 24.2. The number of nitrogens with zero attached hydrogens (tertiary/aromatic N) is 3. The summed E-state index contributed by atoms with van der Waals surface area (Å²) < 4.78 is 17.3. The van der Waals surface area contributed by atoms with Crippen LogP contribution in [-0.4, -0.2) is 48.9 Å².